The van der Waals surface area contributed by atoms with Crippen LogP contribution in [0.15, 0.2) is 24.3 Å². The fraction of sp³-hybridized carbons (Fsp3) is 0.556. The highest BCUT2D eigenvalue weighted by molar-refractivity contribution is 6.33. The van der Waals surface area contributed by atoms with Crippen LogP contribution < -0.4 is 10.6 Å². The van der Waals surface area contributed by atoms with Crippen molar-refractivity contribution in [2.75, 3.05) is 0 Å². The van der Waals surface area contributed by atoms with E-state index in [0.717, 1.165) is 25.7 Å². The van der Waals surface area contributed by atoms with E-state index in [-0.39, 0.29) is 24.1 Å². The van der Waals surface area contributed by atoms with Crippen LogP contribution in [0.5, 0.6) is 0 Å². The Bertz CT molecular complexity index is 590. The summed E-state index contributed by atoms with van der Waals surface area (Å²) in [5, 5.41) is 6.37. The van der Waals surface area contributed by atoms with Crippen molar-refractivity contribution in [2.45, 2.75) is 64.1 Å². The molecule has 1 aliphatic rings. The summed E-state index contributed by atoms with van der Waals surface area (Å²) in [7, 11) is 0. The largest absolute Gasteiger partial charge is 0.444 e. The lowest BCUT2D eigenvalue weighted by Gasteiger charge is -2.30. The molecule has 24 heavy (non-hydrogen) atoms. The van der Waals surface area contributed by atoms with Crippen LogP contribution in [0.3, 0.4) is 0 Å². The first-order chi connectivity index (χ1) is 11.2. The van der Waals surface area contributed by atoms with Crippen LogP contribution in [0.1, 0.15) is 56.8 Å². The Labute approximate surface area is 148 Å². The number of halogens is 1. The summed E-state index contributed by atoms with van der Waals surface area (Å²) in [6.45, 7) is 5.52. The van der Waals surface area contributed by atoms with E-state index < -0.39 is 5.60 Å². The van der Waals surface area contributed by atoms with Crippen molar-refractivity contribution in [3.63, 3.8) is 0 Å². The molecule has 1 saturated carbocycles. The van der Waals surface area contributed by atoms with Crippen LogP contribution in [0.4, 0.5) is 4.79 Å². The van der Waals surface area contributed by atoms with Crippen LogP contribution in [-0.4, -0.2) is 29.7 Å². The van der Waals surface area contributed by atoms with Crippen LogP contribution in [0.25, 0.3) is 0 Å². The first-order valence-electron chi connectivity index (χ1n) is 8.29. The minimum Gasteiger partial charge on any atom is -0.444 e. The molecule has 5 nitrogen and oxygen atoms in total. The summed E-state index contributed by atoms with van der Waals surface area (Å²) < 4.78 is 5.27. The minimum atomic E-state index is -0.496. The van der Waals surface area contributed by atoms with Crippen LogP contribution >= 0.6 is 11.6 Å². The lowest BCUT2D eigenvalue weighted by Crippen LogP contribution is -2.45. The van der Waals surface area contributed by atoms with Crippen LogP contribution in [-0.2, 0) is 4.74 Å². The van der Waals surface area contributed by atoms with Gasteiger partial charge in [-0.2, -0.15) is 0 Å². The van der Waals surface area contributed by atoms with Gasteiger partial charge in [0.25, 0.3) is 5.91 Å². The van der Waals surface area contributed by atoms with Gasteiger partial charge in [0.05, 0.1) is 10.6 Å². The van der Waals surface area contributed by atoms with E-state index in [1.54, 1.807) is 24.3 Å². The smallest absolute Gasteiger partial charge is 0.407 e. The second-order valence-corrected chi connectivity index (χ2v) is 7.56. The van der Waals surface area contributed by atoms with E-state index >= 15 is 0 Å². The van der Waals surface area contributed by atoms with Gasteiger partial charge in [0.1, 0.15) is 5.60 Å². The SMILES string of the molecule is CC(C)(C)OC(=O)NC1CCC(NC(=O)c2ccccc2Cl)CC1. The van der Waals surface area contributed by atoms with Gasteiger partial charge in [-0.3, -0.25) is 4.79 Å². The monoisotopic (exact) mass is 352 g/mol. The van der Waals surface area contributed by atoms with E-state index in [1.165, 1.54) is 0 Å². The molecule has 0 aromatic heterocycles. The summed E-state index contributed by atoms with van der Waals surface area (Å²) >= 11 is 6.05. The lowest BCUT2D eigenvalue weighted by atomic mass is 9.91. The Balaban J connectivity index is 1.78. The molecule has 1 fully saturated rings. The third-order valence-corrected chi connectivity index (χ3v) is 4.23. The average molecular weight is 353 g/mol. The Morgan fingerprint density at radius 2 is 1.58 bits per heavy atom. The van der Waals surface area contributed by atoms with Gasteiger partial charge < -0.3 is 15.4 Å². The predicted octanol–water partition coefficient (Wildman–Crippen LogP) is 3.91. The zero-order valence-corrected chi connectivity index (χ0v) is 15.2. The number of nitrogens with one attached hydrogen (secondary N) is 2. The second kappa shape index (κ2) is 7.88. The topological polar surface area (TPSA) is 67.4 Å². The number of hydrogen-bond acceptors (Lipinski definition) is 3. The Morgan fingerprint density at radius 3 is 2.12 bits per heavy atom. The molecule has 1 aromatic carbocycles. The molecule has 2 N–H and O–H groups in total. The molecule has 0 unspecified atom stereocenters. The molecule has 0 radical (unpaired) electrons. The predicted molar refractivity (Wildman–Crippen MR) is 94.3 cm³/mol. The molecular formula is C18H25ClN2O3. The maximum atomic E-state index is 12.3. The van der Waals surface area contributed by atoms with Crippen molar-refractivity contribution in [1.82, 2.24) is 10.6 Å². The van der Waals surface area contributed by atoms with E-state index in [9.17, 15) is 9.59 Å². The Morgan fingerprint density at radius 1 is 1.04 bits per heavy atom. The van der Waals surface area contributed by atoms with Gasteiger partial charge in [-0.15, -0.1) is 0 Å². The molecule has 1 aromatic rings. The number of hydrogen-bond donors (Lipinski definition) is 2. The molecule has 132 valence electrons. The van der Waals surface area contributed by atoms with E-state index in [1.807, 2.05) is 20.8 Å². The fourth-order valence-electron chi connectivity index (χ4n) is 2.76. The van der Waals surface area contributed by atoms with Gasteiger partial charge >= 0.3 is 6.09 Å². The summed E-state index contributed by atoms with van der Waals surface area (Å²) in [5.74, 6) is -0.149. The van der Waals surface area contributed by atoms with Crippen LogP contribution in [0.2, 0.25) is 5.02 Å². The van der Waals surface area contributed by atoms with Crippen molar-refractivity contribution >= 4 is 23.6 Å². The molecule has 0 atom stereocenters. The van der Waals surface area contributed by atoms with Gasteiger partial charge in [0.15, 0.2) is 0 Å². The normalized spacial score (nSPS) is 21.0. The first kappa shape index (κ1) is 18.6. The zero-order valence-electron chi connectivity index (χ0n) is 14.4. The number of amides is 2. The summed E-state index contributed by atoms with van der Waals surface area (Å²) in [6.07, 6.45) is 2.87. The third kappa shape index (κ3) is 5.71. The summed E-state index contributed by atoms with van der Waals surface area (Å²) in [5.41, 5.74) is -0.00215. The molecule has 0 aliphatic heterocycles. The number of carbonyl (C=O) groups is 2. The van der Waals surface area contributed by atoms with Crippen molar-refractivity contribution in [3.8, 4) is 0 Å². The molecule has 0 saturated heterocycles. The third-order valence-electron chi connectivity index (χ3n) is 3.90. The highest BCUT2D eigenvalue weighted by Crippen LogP contribution is 2.21. The highest BCUT2D eigenvalue weighted by atomic mass is 35.5. The van der Waals surface area contributed by atoms with Crippen molar-refractivity contribution < 1.29 is 14.3 Å². The van der Waals surface area contributed by atoms with Crippen molar-refractivity contribution in [1.29, 1.82) is 0 Å². The molecule has 1 aliphatic carbocycles. The maximum Gasteiger partial charge on any atom is 0.407 e. The van der Waals surface area contributed by atoms with Crippen molar-refractivity contribution in [2.24, 2.45) is 0 Å². The number of rotatable bonds is 3. The molecule has 6 heteroatoms. The van der Waals surface area contributed by atoms with Gasteiger partial charge in [-0.25, -0.2) is 4.79 Å². The Kier molecular flexibility index (Phi) is 6.10. The van der Waals surface area contributed by atoms with Crippen LogP contribution in [0, 0.1) is 0 Å². The highest BCUT2D eigenvalue weighted by Gasteiger charge is 2.26. The van der Waals surface area contributed by atoms with E-state index in [0.29, 0.717) is 10.6 Å². The first-order valence-corrected chi connectivity index (χ1v) is 8.67. The van der Waals surface area contributed by atoms with Gasteiger partial charge in [0.2, 0.25) is 0 Å². The molecule has 2 amide bonds. The standard InChI is InChI=1S/C18H25ClN2O3/c1-18(2,3)24-17(23)21-13-10-8-12(9-11-13)20-16(22)14-6-4-5-7-15(14)19/h4-7,12-13H,8-11H2,1-3H3,(H,20,22)(H,21,23). The molecular weight excluding hydrogens is 328 g/mol. The van der Waals surface area contributed by atoms with Gasteiger partial charge in [-0.05, 0) is 58.6 Å². The molecule has 2 rings (SSSR count). The number of carbonyl (C=O) groups excluding carboxylic acids is 2. The van der Waals surface area contributed by atoms with E-state index in [2.05, 4.69) is 10.6 Å². The fourth-order valence-corrected chi connectivity index (χ4v) is 2.99. The minimum absolute atomic E-state index is 0.0910. The lowest BCUT2D eigenvalue weighted by molar-refractivity contribution is 0.0488. The van der Waals surface area contributed by atoms with Gasteiger partial charge in [0, 0.05) is 12.1 Å². The molecule has 0 spiro atoms. The molecule has 0 heterocycles. The van der Waals surface area contributed by atoms with Gasteiger partial charge in [-0.1, -0.05) is 23.7 Å². The molecule has 0 bridgehead atoms. The van der Waals surface area contributed by atoms with E-state index in [4.69, 9.17) is 16.3 Å². The quantitative estimate of drug-likeness (QED) is 0.866. The Hall–Kier alpha value is -1.75. The summed E-state index contributed by atoms with van der Waals surface area (Å²) in [6, 6.07) is 7.21. The van der Waals surface area contributed by atoms with Crippen molar-refractivity contribution in [3.05, 3.63) is 34.9 Å². The zero-order chi connectivity index (χ0) is 17.7. The summed E-state index contributed by atoms with van der Waals surface area (Å²) in [4.78, 5) is 24.1. The number of benzene rings is 1. The average Bonchev–Trinajstić information content (AvgIpc) is 2.47. The number of alkyl carbamates (subject to hydrolysis) is 1. The second-order valence-electron chi connectivity index (χ2n) is 7.15. The number of ether oxygens (including phenoxy) is 1. The maximum absolute atomic E-state index is 12.3.